The summed E-state index contributed by atoms with van der Waals surface area (Å²) in [5.41, 5.74) is 0.667. The summed E-state index contributed by atoms with van der Waals surface area (Å²) in [5.74, 6) is 1.12. The minimum atomic E-state index is -0.245. The second kappa shape index (κ2) is 10.6. The maximum absolute atomic E-state index is 12.1. The molecule has 0 atom stereocenters. The highest BCUT2D eigenvalue weighted by Gasteiger charge is 2.23. The standard InChI is InChI=1S/C19H29N3O5/c1-4-27-19(24)22-11-8-14(9-12-22)20-10-7-18(23)21-15-5-6-16(25-2)17(13-15)26-3/h5-6,13-14,20H,4,7-12H2,1-3H3,(H,21,23). The number of hydrogen-bond acceptors (Lipinski definition) is 6. The van der Waals surface area contributed by atoms with E-state index in [0.717, 1.165) is 12.8 Å². The van der Waals surface area contributed by atoms with Gasteiger partial charge in [-0.1, -0.05) is 0 Å². The van der Waals surface area contributed by atoms with Crippen LogP contribution in [0.25, 0.3) is 0 Å². The summed E-state index contributed by atoms with van der Waals surface area (Å²) >= 11 is 0. The Morgan fingerprint density at radius 1 is 1.15 bits per heavy atom. The molecule has 0 unspecified atom stereocenters. The Hall–Kier alpha value is -2.48. The van der Waals surface area contributed by atoms with Gasteiger partial charge in [0.25, 0.3) is 0 Å². The normalized spacial score (nSPS) is 14.6. The van der Waals surface area contributed by atoms with Crippen molar-refractivity contribution in [2.45, 2.75) is 32.2 Å². The molecular weight excluding hydrogens is 350 g/mol. The number of hydrogen-bond donors (Lipinski definition) is 2. The zero-order chi connectivity index (χ0) is 19.6. The van der Waals surface area contributed by atoms with Crippen molar-refractivity contribution in [3.63, 3.8) is 0 Å². The van der Waals surface area contributed by atoms with E-state index < -0.39 is 0 Å². The van der Waals surface area contributed by atoms with Crippen LogP contribution in [-0.2, 0) is 9.53 Å². The number of nitrogens with zero attached hydrogens (tertiary/aromatic N) is 1. The number of likely N-dealkylation sites (tertiary alicyclic amines) is 1. The third-order valence-electron chi connectivity index (χ3n) is 4.47. The second-order valence-electron chi connectivity index (χ2n) is 6.28. The molecule has 1 saturated heterocycles. The van der Waals surface area contributed by atoms with Crippen molar-refractivity contribution >= 4 is 17.7 Å². The molecule has 0 aliphatic carbocycles. The van der Waals surface area contributed by atoms with Crippen molar-refractivity contribution in [2.75, 3.05) is 45.8 Å². The van der Waals surface area contributed by atoms with Crippen LogP contribution in [0.2, 0.25) is 0 Å². The highest BCUT2D eigenvalue weighted by atomic mass is 16.6. The third-order valence-corrected chi connectivity index (χ3v) is 4.47. The number of anilines is 1. The maximum atomic E-state index is 12.1. The fraction of sp³-hybridized carbons (Fsp3) is 0.579. The number of piperidine rings is 1. The first-order chi connectivity index (χ1) is 13.1. The lowest BCUT2D eigenvalue weighted by atomic mass is 10.1. The number of carbonyl (C=O) groups is 2. The lowest BCUT2D eigenvalue weighted by Gasteiger charge is -2.31. The van der Waals surface area contributed by atoms with E-state index in [0.29, 0.717) is 55.9 Å². The highest BCUT2D eigenvalue weighted by molar-refractivity contribution is 5.91. The van der Waals surface area contributed by atoms with Gasteiger partial charge in [0.05, 0.1) is 20.8 Å². The Kier molecular flexibility index (Phi) is 8.19. The number of benzene rings is 1. The lowest BCUT2D eigenvalue weighted by molar-refractivity contribution is -0.116. The zero-order valence-electron chi connectivity index (χ0n) is 16.2. The summed E-state index contributed by atoms with van der Waals surface area (Å²) in [5, 5.41) is 6.24. The van der Waals surface area contributed by atoms with Crippen LogP contribution in [0, 0.1) is 0 Å². The first-order valence-corrected chi connectivity index (χ1v) is 9.24. The summed E-state index contributed by atoms with van der Waals surface area (Å²) in [6.07, 6.45) is 1.84. The van der Waals surface area contributed by atoms with Gasteiger partial charge in [0.2, 0.25) is 5.91 Å². The van der Waals surface area contributed by atoms with Crippen LogP contribution < -0.4 is 20.1 Å². The van der Waals surface area contributed by atoms with E-state index in [1.807, 2.05) is 0 Å². The van der Waals surface area contributed by atoms with Gasteiger partial charge in [-0.15, -0.1) is 0 Å². The summed E-state index contributed by atoms with van der Waals surface area (Å²) in [7, 11) is 3.12. The van der Waals surface area contributed by atoms with Crippen molar-refractivity contribution < 1.29 is 23.8 Å². The lowest BCUT2D eigenvalue weighted by Crippen LogP contribution is -2.45. The molecule has 0 bridgehead atoms. The molecule has 0 aromatic heterocycles. The van der Waals surface area contributed by atoms with Gasteiger partial charge in [-0.3, -0.25) is 4.79 Å². The molecule has 8 heteroatoms. The van der Waals surface area contributed by atoms with Crippen molar-refractivity contribution in [1.82, 2.24) is 10.2 Å². The van der Waals surface area contributed by atoms with Gasteiger partial charge in [0.15, 0.2) is 11.5 Å². The topological polar surface area (TPSA) is 89.1 Å². The summed E-state index contributed by atoms with van der Waals surface area (Å²) in [4.78, 5) is 25.5. The Labute approximate surface area is 160 Å². The Morgan fingerprint density at radius 2 is 1.85 bits per heavy atom. The van der Waals surface area contributed by atoms with Crippen LogP contribution in [-0.4, -0.2) is 63.4 Å². The van der Waals surface area contributed by atoms with Gasteiger partial charge in [-0.05, 0) is 31.9 Å². The third kappa shape index (κ3) is 6.32. The zero-order valence-corrected chi connectivity index (χ0v) is 16.2. The van der Waals surface area contributed by atoms with E-state index in [1.165, 1.54) is 0 Å². The van der Waals surface area contributed by atoms with Gasteiger partial charge in [0.1, 0.15) is 0 Å². The molecule has 1 heterocycles. The van der Waals surface area contributed by atoms with E-state index in [2.05, 4.69) is 10.6 Å². The Balaban J connectivity index is 1.69. The van der Waals surface area contributed by atoms with E-state index >= 15 is 0 Å². The molecule has 0 radical (unpaired) electrons. The first kappa shape index (κ1) is 20.8. The monoisotopic (exact) mass is 379 g/mol. The van der Waals surface area contributed by atoms with E-state index in [1.54, 1.807) is 44.2 Å². The minimum absolute atomic E-state index is 0.0707. The number of ether oxygens (including phenoxy) is 3. The van der Waals surface area contributed by atoms with Crippen molar-refractivity contribution in [3.8, 4) is 11.5 Å². The van der Waals surface area contributed by atoms with Crippen LogP contribution in [0.4, 0.5) is 10.5 Å². The van der Waals surface area contributed by atoms with E-state index in [-0.39, 0.29) is 12.0 Å². The first-order valence-electron chi connectivity index (χ1n) is 9.24. The molecule has 2 rings (SSSR count). The van der Waals surface area contributed by atoms with Gasteiger partial charge in [-0.25, -0.2) is 4.79 Å². The Bertz CT molecular complexity index is 630. The SMILES string of the molecule is CCOC(=O)N1CCC(NCCC(=O)Nc2ccc(OC)c(OC)c2)CC1. The molecule has 8 nitrogen and oxygen atoms in total. The van der Waals surface area contributed by atoms with Crippen LogP contribution in [0.1, 0.15) is 26.2 Å². The van der Waals surface area contributed by atoms with Crippen molar-refractivity contribution in [2.24, 2.45) is 0 Å². The molecule has 1 aliphatic rings. The fourth-order valence-electron chi connectivity index (χ4n) is 3.01. The van der Waals surface area contributed by atoms with Gasteiger partial charge < -0.3 is 29.7 Å². The summed E-state index contributed by atoms with van der Waals surface area (Å²) in [6.45, 7) is 4.14. The largest absolute Gasteiger partial charge is 0.493 e. The molecule has 1 aliphatic heterocycles. The highest BCUT2D eigenvalue weighted by Crippen LogP contribution is 2.29. The van der Waals surface area contributed by atoms with Crippen LogP contribution in [0.3, 0.4) is 0 Å². The van der Waals surface area contributed by atoms with Crippen molar-refractivity contribution in [1.29, 1.82) is 0 Å². The molecule has 27 heavy (non-hydrogen) atoms. The molecule has 2 N–H and O–H groups in total. The minimum Gasteiger partial charge on any atom is -0.493 e. The molecular formula is C19H29N3O5. The van der Waals surface area contributed by atoms with Gasteiger partial charge >= 0.3 is 6.09 Å². The van der Waals surface area contributed by atoms with Crippen molar-refractivity contribution in [3.05, 3.63) is 18.2 Å². The molecule has 0 spiro atoms. The smallest absolute Gasteiger partial charge is 0.409 e. The number of rotatable bonds is 8. The number of nitrogens with one attached hydrogen (secondary N) is 2. The molecule has 1 fully saturated rings. The number of carbonyl (C=O) groups excluding carboxylic acids is 2. The average Bonchev–Trinajstić information content (AvgIpc) is 2.68. The Morgan fingerprint density at radius 3 is 2.48 bits per heavy atom. The number of amides is 2. The van der Waals surface area contributed by atoms with E-state index in [9.17, 15) is 9.59 Å². The molecule has 150 valence electrons. The average molecular weight is 379 g/mol. The second-order valence-corrected chi connectivity index (χ2v) is 6.28. The molecule has 1 aromatic carbocycles. The molecule has 1 aromatic rings. The van der Waals surface area contributed by atoms with Crippen LogP contribution >= 0.6 is 0 Å². The summed E-state index contributed by atoms with van der Waals surface area (Å²) in [6, 6.07) is 5.57. The van der Waals surface area contributed by atoms with Crippen LogP contribution in [0.15, 0.2) is 18.2 Å². The summed E-state index contributed by atoms with van der Waals surface area (Å²) < 4.78 is 15.4. The molecule has 0 saturated carbocycles. The van der Waals surface area contributed by atoms with Gasteiger partial charge in [0, 0.05) is 43.9 Å². The predicted molar refractivity (Wildman–Crippen MR) is 102 cm³/mol. The van der Waals surface area contributed by atoms with Crippen LogP contribution in [0.5, 0.6) is 11.5 Å². The molecule has 2 amide bonds. The fourth-order valence-corrected chi connectivity index (χ4v) is 3.01. The maximum Gasteiger partial charge on any atom is 0.409 e. The number of methoxy groups -OCH3 is 2. The quantitative estimate of drug-likeness (QED) is 0.720. The predicted octanol–water partition coefficient (Wildman–Crippen LogP) is 2.24. The van der Waals surface area contributed by atoms with E-state index in [4.69, 9.17) is 14.2 Å². The van der Waals surface area contributed by atoms with Gasteiger partial charge in [-0.2, -0.15) is 0 Å².